The molecule has 5 heteroatoms. The first-order chi connectivity index (χ1) is 10.1. The van der Waals surface area contributed by atoms with E-state index in [0.29, 0.717) is 11.4 Å². The van der Waals surface area contributed by atoms with Gasteiger partial charge in [0, 0.05) is 12.6 Å². The van der Waals surface area contributed by atoms with Crippen LogP contribution >= 0.6 is 0 Å². The third-order valence-corrected chi connectivity index (χ3v) is 5.63. The van der Waals surface area contributed by atoms with Crippen LogP contribution in [-0.4, -0.2) is 21.0 Å². The zero-order chi connectivity index (χ0) is 15.1. The molecule has 21 heavy (non-hydrogen) atoms. The van der Waals surface area contributed by atoms with Gasteiger partial charge in [0.1, 0.15) is 0 Å². The van der Waals surface area contributed by atoms with Crippen LogP contribution in [0.1, 0.15) is 51.0 Å². The van der Waals surface area contributed by atoms with Crippen molar-refractivity contribution >= 4 is 10.0 Å². The highest BCUT2D eigenvalue weighted by Crippen LogP contribution is 2.21. The minimum absolute atomic E-state index is 0.0877. The van der Waals surface area contributed by atoms with Gasteiger partial charge in [-0.3, -0.25) is 0 Å². The van der Waals surface area contributed by atoms with E-state index in [2.05, 4.69) is 10.0 Å². The molecule has 0 unspecified atom stereocenters. The van der Waals surface area contributed by atoms with Gasteiger partial charge in [-0.25, -0.2) is 13.1 Å². The van der Waals surface area contributed by atoms with Crippen molar-refractivity contribution in [2.75, 3.05) is 6.54 Å². The summed E-state index contributed by atoms with van der Waals surface area (Å²) in [6, 6.07) is 7.34. The second-order valence-corrected chi connectivity index (χ2v) is 7.38. The van der Waals surface area contributed by atoms with E-state index in [1.807, 2.05) is 19.1 Å². The van der Waals surface area contributed by atoms with Crippen LogP contribution in [0.15, 0.2) is 29.2 Å². The van der Waals surface area contributed by atoms with Gasteiger partial charge < -0.3 is 5.32 Å². The number of hydrogen-bond acceptors (Lipinski definition) is 3. The third-order valence-electron chi connectivity index (χ3n) is 4.00. The van der Waals surface area contributed by atoms with Gasteiger partial charge in [-0.2, -0.15) is 0 Å². The molecule has 1 aliphatic rings. The average Bonchev–Trinajstić information content (AvgIpc) is 2.73. The summed E-state index contributed by atoms with van der Waals surface area (Å²) in [4.78, 5) is 0.412. The lowest BCUT2D eigenvalue weighted by Gasteiger charge is -2.18. The lowest BCUT2D eigenvalue weighted by atomic mass is 10.1. The lowest BCUT2D eigenvalue weighted by Crippen LogP contribution is -2.35. The first-order valence-electron chi connectivity index (χ1n) is 7.94. The van der Waals surface area contributed by atoms with Crippen LogP contribution in [0.3, 0.4) is 0 Å². The lowest BCUT2D eigenvalue weighted by molar-refractivity contribution is 0.509. The maximum Gasteiger partial charge on any atom is 0.241 e. The Hall–Kier alpha value is -0.910. The minimum atomic E-state index is -3.43. The van der Waals surface area contributed by atoms with E-state index in [1.165, 1.54) is 12.8 Å². The molecule has 0 saturated heterocycles. The molecule has 2 N–H and O–H groups in total. The third kappa shape index (κ3) is 4.80. The number of nitrogens with one attached hydrogen (secondary N) is 2. The SMILES string of the molecule is CCNCc1ccccc1S(=O)(=O)NC1CCCCCC1. The molecular formula is C16H26N2O2S. The largest absolute Gasteiger partial charge is 0.313 e. The summed E-state index contributed by atoms with van der Waals surface area (Å²) in [5.41, 5.74) is 0.834. The van der Waals surface area contributed by atoms with Crippen molar-refractivity contribution in [1.29, 1.82) is 0 Å². The van der Waals surface area contributed by atoms with Gasteiger partial charge in [0.05, 0.1) is 4.90 Å². The summed E-state index contributed by atoms with van der Waals surface area (Å²) in [5, 5.41) is 3.20. The maximum absolute atomic E-state index is 12.7. The van der Waals surface area contributed by atoms with Gasteiger partial charge in [0.25, 0.3) is 0 Å². The summed E-state index contributed by atoms with van der Waals surface area (Å²) in [7, 11) is -3.43. The topological polar surface area (TPSA) is 58.2 Å². The fourth-order valence-corrected chi connectivity index (χ4v) is 4.40. The predicted molar refractivity (Wildman–Crippen MR) is 85.6 cm³/mol. The molecule has 118 valence electrons. The highest BCUT2D eigenvalue weighted by atomic mass is 32.2. The van der Waals surface area contributed by atoms with E-state index < -0.39 is 10.0 Å². The second-order valence-electron chi connectivity index (χ2n) is 5.70. The Morgan fingerprint density at radius 2 is 1.76 bits per heavy atom. The van der Waals surface area contributed by atoms with Crippen LogP contribution < -0.4 is 10.0 Å². The highest BCUT2D eigenvalue weighted by molar-refractivity contribution is 7.89. The molecule has 1 saturated carbocycles. The Balaban J connectivity index is 2.14. The Morgan fingerprint density at radius 3 is 2.43 bits per heavy atom. The minimum Gasteiger partial charge on any atom is -0.313 e. The van der Waals surface area contributed by atoms with Crippen molar-refractivity contribution < 1.29 is 8.42 Å². The fourth-order valence-electron chi connectivity index (χ4n) is 2.85. The molecule has 1 aliphatic carbocycles. The summed E-state index contributed by atoms with van der Waals surface area (Å²) < 4.78 is 28.2. The Labute approximate surface area is 128 Å². The molecule has 1 aromatic rings. The molecule has 0 atom stereocenters. The first-order valence-corrected chi connectivity index (χ1v) is 9.43. The molecule has 0 aliphatic heterocycles. The molecule has 0 spiro atoms. The fraction of sp³-hybridized carbons (Fsp3) is 0.625. The number of benzene rings is 1. The van der Waals surface area contributed by atoms with Crippen molar-refractivity contribution in [2.45, 2.75) is 62.9 Å². The van der Waals surface area contributed by atoms with Crippen molar-refractivity contribution in [1.82, 2.24) is 10.0 Å². The Bertz CT molecular complexity index is 535. The zero-order valence-electron chi connectivity index (χ0n) is 12.8. The Kier molecular flexibility index (Phi) is 6.21. The van der Waals surface area contributed by atoms with E-state index in [-0.39, 0.29) is 6.04 Å². The van der Waals surface area contributed by atoms with Gasteiger partial charge in [-0.05, 0) is 31.0 Å². The van der Waals surface area contributed by atoms with Gasteiger partial charge in [0.2, 0.25) is 10.0 Å². The zero-order valence-corrected chi connectivity index (χ0v) is 13.6. The summed E-state index contributed by atoms with van der Waals surface area (Å²) >= 11 is 0. The van der Waals surface area contributed by atoms with Crippen LogP contribution in [0.2, 0.25) is 0 Å². The van der Waals surface area contributed by atoms with Crippen molar-refractivity contribution in [3.8, 4) is 0 Å². The van der Waals surface area contributed by atoms with E-state index in [0.717, 1.165) is 37.8 Å². The monoisotopic (exact) mass is 310 g/mol. The van der Waals surface area contributed by atoms with E-state index >= 15 is 0 Å². The van der Waals surface area contributed by atoms with Crippen LogP contribution in [0, 0.1) is 0 Å². The van der Waals surface area contributed by atoms with Gasteiger partial charge in [0.15, 0.2) is 0 Å². The summed E-state index contributed by atoms with van der Waals surface area (Å²) in [6.07, 6.45) is 6.58. The molecule has 0 radical (unpaired) electrons. The number of sulfonamides is 1. The quantitative estimate of drug-likeness (QED) is 0.794. The number of hydrogen-bond donors (Lipinski definition) is 2. The van der Waals surface area contributed by atoms with Crippen LogP contribution in [0.4, 0.5) is 0 Å². The van der Waals surface area contributed by atoms with Crippen molar-refractivity contribution in [3.63, 3.8) is 0 Å². The number of rotatable bonds is 6. The van der Waals surface area contributed by atoms with E-state index in [4.69, 9.17) is 0 Å². The smallest absolute Gasteiger partial charge is 0.241 e. The standard InChI is InChI=1S/C16H26N2O2S/c1-2-17-13-14-9-7-8-12-16(14)21(19,20)18-15-10-5-3-4-6-11-15/h7-9,12,15,17-18H,2-6,10-11,13H2,1H3. The molecular weight excluding hydrogens is 284 g/mol. The van der Waals surface area contributed by atoms with Gasteiger partial charge in [-0.1, -0.05) is 50.8 Å². The normalized spacial score (nSPS) is 17.6. The highest BCUT2D eigenvalue weighted by Gasteiger charge is 2.23. The molecule has 1 aromatic carbocycles. The molecule has 0 heterocycles. The molecule has 0 amide bonds. The molecule has 4 nitrogen and oxygen atoms in total. The second kappa shape index (κ2) is 7.92. The van der Waals surface area contributed by atoms with Crippen LogP contribution in [0.25, 0.3) is 0 Å². The van der Waals surface area contributed by atoms with E-state index in [9.17, 15) is 8.42 Å². The first kappa shape index (κ1) is 16.5. The van der Waals surface area contributed by atoms with Crippen molar-refractivity contribution in [3.05, 3.63) is 29.8 Å². The Morgan fingerprint density at radius 1 is 1.10 bits per heavy atom. The molecule has 2 rings (SSSR count). The van der Waals surface area contributed by atoms with Gasteiger partial charge >= 0.3 is 0 Å². The molecule has 1 fully saturated rings. The maximum atomic E-state index is 12.7. The average molecular weight is 310 g/mol. The van der Waals surface area contributed by atoms with E-state index in [1.54, 1.807) is 12.1 Å². The van der Waals surface area contributed by atoms with Crippen LogP contribution in [-0.2, 0) is 16.6 Å². The van der Waals surface area contributed by atoms with Crippen molar-refractivity contribution in [2.24, 2.45) is 0 Å². The predicted octanol–water partition coefficient (Wildman–Crippen LogP) is 2.80. The van der Waals surface area contributed by atoms with Gasteiger partial charge in [-0.15, -0.1) is 0 Å². The summed E-state index contributed by atoms with van der Waals surface area (Å²) in [5.74, 6) is 0. The molecule has 0 aromatic heterocycles. The summed E-state index contributed by atoms with van der Waals surface area (Å²) in [6.45, 7) is 3.42. The van der Waals surface area contributed by atoms with Crippen LogP contribution in [0.5, 0.6) is 0 Å². The molecule has 0 bridgehead atoms.